The number of piperidine rings is 1. The van der Waals surface area contributed by atoms with Gasteiger partial charge in [0.2, 0.25) is 11.7 Å². The molecule has 0 unspecified atom stereocenters. The van der Waals surface area contributed by atoms with E-state index in [2.05, 4.69) is 4.98 Å². The van der Waals surface area contributed by atoms with E-state index in [-0.39, 0.29) is 29.8 Å². The Morgan fingerprint density at radius 1 is 1.24 bits per heavy atom. The number of imidazole rings is 1. The average molecular weight is 439 g/mol. The third kappa shape index (κ3) is 4.94. The minimum atomic E-state index is -0.555. The highest BCUT2D eigenvalue weighted by molar-refractivity contribution is 6.42. The molecule has 0 N–H and O–H groups in total. The van der Waals surface area contributed by atoms with Crippen LogP contribution in [0.4, 0.5) is 5.82 Å². The first kappa shape index (κ1) is 21.3. The van der Waals surface area contributed by atoms with Gasteiger partial charge in [0.15, 0.2) is 5.78 Å². The number of halogens is 2. The van der Waals surface area contributed by atoms with Gasteiger partial charge in [-0.15, -0.1) is 0 Å². The summed E-state index contributed by atoms with van der Waals surface area (Å²) in [5.74, 6) is 0.0834. The van der Waals surface area contributed by atoms with Gasteiger partial charge < -0.3 is 19.6 Å². The lowest BCUT2D eigenvalue weighted by molar-refractivity contribution is -0.389. The largest absolute Gasteiger partial charge is 0.381 e. The molecule has 29 heavy (non-hydrogen) atoms. The predicted octanol–water partition coefficient (Wildman–Crippen LogP) is 3.92. The van der Waals surface area contributed by atoms with Gasteiger partial charge >= 0.3 is 5.82 Å². The molecule has 1 amide bonds. The Hall–Kier alpha value is -2.45. The molecule has 0 saturated carbocycles. The van der Waals surface area contributed by atoms with Gasteiger partial charge in [0, 0.05) is 44.5 Å². The predicted molar refractivity (Wildman–Crippen MR) is 108 cm³/mol. The molecule has 1 saturated heterocycles. The number of amides is 1. The van der Waals surface area contributed by atoms with Crippen molar-refractivity contribution in [3.05, 3.63) is 55.9 Å². The van der Waals surface area contributed by atoms with Crippen LogP contribution in [0.25, 0.3) is 0 Å². The number of benzene rings is 1. The van der Waals surface area contributed by atoms with Gasteiger partial charge in [0.05, 0.1) is 10.0 Å². The summed E-state index contributed by atoms with van der Waals surface area (Å²) in [6.45, 7) is 2.99. The fourth-order valence-electron chi connectivity index (χ4n) is 3.46. The molecule has 0 atom stereocenters. The van der Waals surface area contributed by atoms with Crippen molar-refractivity contribution in [2.24, 2.45) is 5.92 Å². The number of Topliss-reactive ketones (excluding diaryl/α,β-unsaturated/α-hetero) is 1. The standard InChI is InChI=1S/C19H20Cl2N4O4/c1-12-22-17(25(28)29)11-24(12)9-6-18(26)23-7-4-13(5-8-23)19(27)14-2-3-15(20)16(21)10-14/h2-3,10-11,13H,4-9H2,1H3. The van der Waals surface area contributed by atoms with E-state index < -0.39 is 4.92 Å². The third-order valence-corrected chi connectivity index (χ3v) is 5.88. The van der Waals surface area contributed by atoms with Crippen LogP contribution in [0.5, 0.6) is 0 Å². The highest BCUT2D eigenvalue weighted by Crippen LogP contribution is 2.27. The van der Waals surface area contributed by atoms with Crippen LogP contribution >= 0.6 is 23.2 Å². The van der Waals surface area contributed by atoms with Crippen molar-refractivity contribution in [3.8, 4) is 0 Å². The molecule has 1 aliphatic heterocycles. The van der Waals surface area contributed by atoms with Gasteiger partial charge in [-0.3, -0.25) is 9.59 Å². The smallest absolute Gasteiger partial charge is 0.358 e. The van der Waals surface area contributed by atoms with Crippen LogP contribution in [0, 0.1) is 23.0 Å². The van der Waals surface area contributed by atoms with Crippen LogP contribution in [0.15, 0.2) is 24.4 Å². The van der Waals surface area contributed by atoms with E-state index in [1.54, 1.807) is 34.6 Å². The summed E-state index contributed by atoms with van der Waals surface area (Å²) in [5.41, 5.74) is 0.529. The van der Waals surface area contributed by atoms with Crippen LogP contribution < -0.4 is 0 Å². The Kier molecular flexibility index (Phi) is 6.54. The number of hydrogen-bond donors (Lipinski definition) is 0. The Morgan fingerprint density at radius 2 is 1.93 bits per heavy atom. The maximum Gasteiger partial charge on any atom is 0.381 e. The minimum absolute atomic E-state index is 0.0111. The number of carbonyl (C=O) groups is 2. The lowest BCUT2D eigenvalue weighted by atomic mass is 9.89. The van der Waals surface area contributed by atoms with Gasteiger partial charge in [-0.2, -0.15) is 0 Å². The van der Waals surface area contributed by atoms with Crippen molar-refractivity contribution in [1.29, 1.82) is 0 Å². The average Bonchev–Trinajstić information content (AvgIpc) is 3.09. The molecule has 3 rings (SSSR count). The van der Waals surface area contributed by atoms with E-state index in [1.807, 2.05) is 0 Å². The SMILES string of the molecule is Cc1nc([N+](=O)[O-])cn1CCC(=O)N1CCC(C(=O)c2ccc(Cl)c(Cl)c2)CC1. The molecule has 0 aliphatic carbocycles. The first-order valence-corrected chi connectivity index (χ1v) is 9.97. The van der Waals surface area contributed by atoms with Crippen LogP contribution in [0.1, 0.15) is 35.4 Å². The lowest BCUT2D eigenvalue weighted by Crippen LogP contribution is -2.40. The number of rotatable bonds is 6. The highest BCUT2D eigenvalue weighted by Gasteiger charge is 2.28. The van der Waals surface area contributed by atoms with E-state index in [4.69, 9.17) is 23.2 Å². The summed E-state index contributed by atoms with van der Waals surface area (Å²) in [4.78, 5) is 41.0. The third-order valence-electron chi connectivity index (χ3n) is 5.14. The second kappa shape index (κ2) is 8.92. The van der Waals surface area contributed by atoms with Crippen LogP contribution in [0.3, 0.4) is 0 Å². The van der Waals surface area contributed by atoms with Crippen LogP contribution in [-0.4, -0.2) is 44.2 Å². The van der Waals surface area contributed by atoms with E-state index in [0.29, 0.717) is 53.9 Å². The monoisotopic (exact) mass is 438 g/mol. The van der Waals surface area contributed by atoms with E-state index in [1.165, 1.54) is 6.20 Å². The zero-order valence-electron chi connectivity index (χ0n) is 15.8. The Balaban J connectivity index is 1.52. The molecule has 0 bridgehead atoms. The first-order chi connectivity index (χ1) is 13.8. The molecule has 0 spiro atoms. The molecule has 0 radical (unpaired) electrons. The second-order valence-electron chi connectivity index (χ2n) is 7.00. The fourth-order valence-corrected chi connectivity index (χ4v) is 3.75. The summed E-state index contributed by atoms with van der Waals surface area (Å²) in [5, 5.41) is 11.5. The van der Waals surface area contributed by atoms with Gasteiger partial charge in [0.25, 0.3) is 0 Å². The van der Waals surface area contributed by atoms with Gasteiger partial charge in [-0.1, -0.05) is 23.2 Å². The number of aryl methyl sites for hydroxylation is 2. The summed E-state index contributed by atoms with van der Waals surface area (Å²) >= 11 is 11.9. The number of aromatic nitrogens is 2. The van der Waals surface area contributed by atoms with Crippen LogP contribution in [0.2, 0.25) is 10.0 Å². The molecule has 1 fully saturated rings. The normalized spacial score (nSPS) is 14.8. The Bertz CT molecular complexity index is 952. The van der Waals surface area contributed by atoms with E-state index in [0.717, 1.165) is 0 Å². The van der Waals surface area contributed by atoms with Crippen molar-refractivity contribution < 1.29 is 14.5 Å². The Labute approximate surface area is 177 Å². The number of hydrogen-bond acceptors (Lipinski definition) is 5. The maximum absolute atomic E-state index is 12.7. The Morgan fingerprint density at radius 3 is 2.52 bits per heavy atom. The molecule has 2 aromatic rings. The maximum atomic E-state index is 12.7. The van der Waals surface area contributed by atoms with E-state index >= 15 is 0 Å². The molecule has 2 heterocycles. The lowest BCUT2D eigenvalue weighted by Gasteiger charge is -2.31. The highest BCUT2D eigenvalue weighted by atomic mass is 35.5. The molecule has 10 heteroatoms. The molecular weight excluding hydrogens is 419 g/mol. The molecule has 1 aromatic heterocycles. The van der Waals surface area contributed by atoms with Gasteiger partial charge in [-0.25, -0.2) is 0 Å². The quantitative estimate of drug-likeness (QED) is 0.386. The fraction of sp³-hybridized carbons (Fsp3) is 0.421. The number of nitrogens with zero attached hydrogens (tertiary/aromatic N) is 4. The van der Waals surface area contributed by atoms with Crippen molar-refractivity contribution in [2.75, 3.05) is 13.1 Å². The van der Waals surface area contributed by atoms with Gasteiger partial charge in [0.1, 0.15) is 6.20 Å². The zero-order chi connectivity index (χ0) is 21.1. The summed E-state index contributed by atoms with van der Waals surface area (Å²) in [6.07, 6.45) is 2.73. The van der Waals surface area contributed by atoms with Crippen molar-refractivity contribution >= 4 is 40.7 Å². The summed E-state index contributed by atoms with van der Waals surface area (Å²) in [6, 6.07) is 4.86. The van der Waals surface area contributed by atoms with Crippen molar-refractivity contribution in [2.45, 2.75) is 32.7 Å². The number of nitro groups is 1. The minimum Gasteiger partial charge on any atom is -0.358 e. The topological polar surface area (TPSA) is 98.3 Å². The second-order valence-corrected chi connectivity index (χ2v) is 7.81. The molecule has 8 nitrogen and oxygen atoms in total. The number of carbonyl (C=O) groups excluding carboxylic acids is 2. The van der Waals surface area contributed by atoms with Crippen LogP contribution in [-0.2, 0) is 11.3 Å². The van der Waals surface area contributed by atoms with Crippen molar-refractivity contribution in [3.63, 3.8) is 0 Å². The molecule has 1 aromatic carbocycles. The summed E-state index contributed by atoms with van der Waals surface area (Å²) < 4.78 is 1.61. The zero-order valence-corrected chi connectivity index (χ0v) is 17.3. The van der Waals surface area contributed by atoms with Crippen molar-refractivity contribution in [1.82, 2.24) is 14.5 Å². The van der Waals surface area contributed by atoms with Gasteiger partial charge in [-0.05, 0) is 40.9 Å². The molecular formula is C19H20Cl2N4O4. The first-order valence-electron chi connectivity index (χ1n) is 9.21. The molecule has 154 valence electrons. The number of ketones is 1. The van der Waals surface area contributed by atoms with E-state index in [9.17, 15) is 19.7 Å². The number of likely N-dealkylation sites (tertiary alicyclic amines) is 1. The molecule has 1 aliphatic rings. The summed E-state index contributed by atoms with van der Waals surface area (Å²) in [7, 11) is 0.